The van der Waals surface area contributed by atoms with Gasteiger partial charge >= 0.3 is 0 Å². The van der Waals surface area contributed by atoms with Crippen molar-refractivity contribution in [2.45, 2.75) is 18.7 Å². The summed E-state index contributed by atoms with van der Waals surface area (Å²) in [5.41, 5.74) is 3.31. The Balaban J connectivity index is 1.59. The first-order valence-corrected chi connectivity index (χ1v) is 13.7. The van der Waals surface area contributed by atoms with E-state index < -0.39 is 28.3 Å². The van der Waals surface area contributed by atoms with Crippen molar-refractivity contribution in [3.05, 3.63) is 77.6 Å². The van der Waals surface area contributed by atoms with E-state index in [0.29, 0.717) is 31.9 Å². The molecule has 0 atom stereocenters. The lowest BCUT2D eigenvalue weighted by atomic mass is 10.1. The quantitative estimate of drug-likeness (QED) is 0.429. The van der Waals surface area contributed by atoms with Crippen molar-refractivity contribution < 1.29 is 27.1 Å². The third kappa shape index (κ3) is 5.40. The van der Waals surface area contributed by atoms with E-state index in [4.69, 9.17) is 9.47 Å². The van der Waals surface area contributed by atoms with Crippen molar-refractivity contribution in [1.82, 2.24) is 4.90 Å². The smallest absolute Gasteiger partial charge is 0.265 e. The van der Waals surface area contributed by atoms with E-state index in [2.05, 4.69) is 30.9 Å². The molecule has 0 bridgehead atoms. The number of sulfonamides is 1. The summed E-state index contributed by atoms with van der Waals surface area (Å²) in [6.45, 7) is 5.67. The second-order valence-corrected chi connectivity index (χ2v) is 10.9. The van der Waals surface area contributed by atoms with Gasteiger partial charge in [-0.25, -0.2) is 12.8 Å². The first-order valence-electron chi connectivity index (χ1n) is 12.3. The Hall–Kier alpha value is -3.79. The van der Waals surface area contributed by atoms with Crippen molar-refractivity contribution in [1.29, 1.82) is 0 Å². The molecule has 1 aliphatic rings. The summed E-state index contributed by atoms with van der Waals surface area (Å²) in [7, 11) is -1.50. The highest BCUT2D eigenvalue weighted by molar-refractivity contribution is 7.92. The zero-order valence-electron chi connectivity index (χ0n) is 22.0. The Morgan fingerprint density at radius 1 is 0.921 bits per heavy atom. The molecular formula is C28H32FN3O5S. The van der Waals surface area contributed by atoms with E-state index in [1.807, 2.05) is 6.07 Å². The van der Waals surface area contributed by atoms with Crippen LogP contribution in [0.1, 0.15) is 11.1 Å². The molecule has 0 spiro atoms. The molecule has 202 valence electrons. The molecule has 0 radical (unpaired) electrons. The lowest BCUT2D eigenvalue weighted by Gasteiger charge is -2.38. The highest BCUT2D eigenvalue weighted by Crippen LogP contribution is 2.33. The maximum absolute atomic E-state index is 14.9. The molecule has 0 unspecified atom stereocenters. The van der Waals surface area contributed by atoms with Gasteiger partial charge in [0.2, 0.25) is 5.91 Å². The molecule has 0 N–H and O–H groups in total. The molecule has 0 saturated carbocycles. The Morgan fingerprint density at radius 2 is 1.61 bits per heavy atom. The van der Waals surface area contributed by atoms with E-state index in [1.165, 1.54) is 67.8 Å². The van der Waals surface area contributed by atoms with Gasteiger partial charge in [0.1, 0.15) is 12.4 Å². The molecule has 3 aromatic carbocycles. The van der Waals surface area contributed by atoms with Gasteiger partial charge in [-0.1, -0.05) is 24.3 Å². The molecule has 0 aliphatic carbocycles. The number of rotatable bonds is 8. The van der Waals surface area contributed by atoms with Gasteiger partial charge in [-0.05, 0) is 55.3 Å². The summed E-state index contributed by atoms with van der Waals surface area (Å²) in [4.78, 5) is 17.1. The van der Waals surface area contributed by atoms with Crippen LogP contribution in [0.4, 0.5) is 15.8 Å². The Kier molecular flexibility index (Phi) is 8.11. The summed E-state index contributed by atoms with van der Waals surface area (Å²) >= 11 is 0. The SMILES string of the molecule is COc1ccc(S(=O)(=O)N(CC(=O)N2CCN(c3cccc(C)c3C)CC2)c2ccccc2F)cc1OC. The van der Waals surface area contributed by atoms with Crippen molar-refractivity contribution in [3.63, 3.8) is 0 Å². The van der Waals surface area contributed by atoms with Crippen LogP contribution in [0.25, 0.3) is 0 Å². The number of carbonyl (C=O) groups is 1. The van der Waals surface area contributed by atoms with Crippen molar-refractivity contribution in [2.24, 2.45) is 0 Å². The molecule has 1 saturated heterocycles. The maximum Gasteiger partial charge on any atom is 0.265 e. The molecular weight excluding hydrogens is 509 g/mol. The fourth-order valence-electron chi connectivity index (χ4n) is 4.56. The number of piperazine rings is 1. The van der Waals surface area contributed by atoms with E-state index >= 15 is 0 Å². The highest BCUT2D eigenvalue weighted by Gasteiger charge is 2.32. The molecule has 0 aromatic heterocycles. The number of amides is 1. The van der Waals surface area contributed by atoms with Gasteiger partial charge in [0, 0.05) is 37.9 Å². The number of carbonyl (C=O) groups excluding carboxylic acids is 1. The van der Waals surface area contributed by atoms with Crippen molar-refractivity contribution in [2.75, 3.05) is 56.1 Å². The van der Waals surface area contributed by atoms with E-state index in [-0.39, 0.29) is 16.3 Å². The van der Waals surface area contributed by atoms with E-state index in [0.717, 1.165) is 9.99 Å². The van der Waals surface area contributed by atoms with Gasteiger partial charge in [0.15, 0.2) is 11.5 Å². The lowest BCUT2D eigenvalue weighted by molar-refractivity contribution is -0.129. The minimum absolute atomic E-state index is 0.147. The molecule has 38 heavy (non-hydrogen) atoms. The molecule has 3 aromatic rings. The molecule has 1 heterocycles. The van der Waals surface area contributed by atoms with Crippen LogP contribution < -0.4 is 18.7 Å². The largest absolute Gasteiger partial charge is 0.493 e. The van der Waals surface area contributed by atoms with Gasteiger partial charge in [-0.3, -0.25) is 9.10 Å². The number of aryl methyl sites for hydroxylation is 1. The summed E-state index contributed by atoms with van der Waals surface area (Å²) in [5, 5.41) is 0. The monoisotopic (exact) mass is 541 g/mol. The minimum atomic E-state index is -4.33. The van der Waals surface area contributed by atoms with Crippen LogP contribution in [0.2, 0.25) is 0 Å². The number of hydrogen-bond donors (Lipinski definition) is 0. The Labute approximate surface area is 223 Å². The van der Waals surface area contributed by atoms with Crippen LogP contribution >= 0.6 is 0 Å². The summed E-state index contributed by atoms with van der Waals surface area (Å²) in [6, 6.07) is 15.8. The zero-order valence-corrected chi connectivity index (χ0v) is 22.8. The predicted octanol–water partition coefficient (Wildman–Crippen LogP) is 4.00. The van der Waals surface area contributed by atoms with Crippen LogP contribution in [0.3, 0.4) is 0 Å². The van der Waals surface area contributed by atoms with Gasteiger partial charge in [-0.2, -0.15) is 0 Å². The van der Waals surface area contributed by atoms with Crippen molar-refractivity contribution in [3.8, 4) is 11.5 Å². The van der Waals surface area contributed by atoms with E-state index in [9.17, 15) is 17.6 Å². The molecule has 8 nitrogen and oxygen atoms in total. The molecule has 10 heteroatoms. The second-order valence-electron chi connectivity index (χ2n) is 9.07. The maximum atomic E-state index is 14.9. The number of para-hydroxylation sites is 1. The molecule has 1 fully saturated rings. The van der Waals surface area contributed by atoms with Gasteiger partial charge in [-0.15, -0.1) is 0 Å². The normalized spacial score (nSPS) is 13.8. The number of ether oxygens (including phenoxy) is 2. The summed E-state index contributed by atoms with van der Waals surface area (Å²) in [5.74, 6) is -0.598. The van der Waals surface area contributed by atoms with Crippen LogP contribution in [-0.2, 0) is 14.8 Å². The van der Waals surface area contributed by atoms with Crippen LogP contribution in [-0.4, -0.2) is 66.2 Å². The van der Waals surface area contributed by atoms with Crippen LogP contribution in [0.15, 0.2) is 65.6 Å². The molecule has 1 amide bonds. The van der Waals surface area contributed by atoms with Gasteiger partial charge in [0.25, 0.3) is 10.0 Å². The van der Waals surface area contributed by atoms with E-state index in [1.54, 1.807) is 4.90 Å². The molecule has 4 rings (SSSR count). The summed E-state index contributed by atoms with van der Waals surface area (Å²) in [6.07, 6.45) is 0. The first-order chi connectivity index (χ1) is 18.2. The number of methoxy groups -OCH3 is 2. The Morgan fingerprint density at radius 3 is 2.26 bits per heavy atom. The summed E-state index contributed by atoms with van der Waals surface area (Å²) < 4.78 is 53.7. The minimum Gasteiger partial charge on any atom is -0.493 e. The third-order valence-corrected chi connectivity index (χ3v) is 8.65. The number of hydrogen-bond acceptors (Lipinski definition) is 6. The van der Waals surface area contributed by atoms with Gasteiger partial charge < -0.3 is 19.3 Å². The second kappa shape index (κ2) is 11.3. The fourth-order valence-corrected chi connectivity index (χ4v) is 5.99. The van der Waals surface area contributed by atoms with Gasteiger partial charge in [0.05, 0.1) is 24.8 Å². The lowest BCUT2D eigenvalue weighted by Crippen LogP contribution is -2.52. The third-order valence-electron chi connectivity index (χ3n) is 6.89. The predicted molar refractivity (Wildman–Crippen MR) is 145 cm³/mol. The zero-order chi connectivity index (χ0) is 27.4. The topological polar surface area (TPSA) is 79.4 Å². The first kappa shape index (κ1) is 27.3. The average Bonchev–Trinajstić information content (AvgIpc) is 2.93. The average molecular weight is 542 g/mol. The number of anilines is 2. The van der Waals surface area contributed by atoms with Crippen molar-refractivity contribution >= 4 is 27.3 Å². The van der Waals surface area contributed by atoms with Crippen LogP contribution in [0, 0.1) is 19.7 Å². The molecule has 1 aliphatic heterocycles. The number of nitrogens with zero attached hydrogens (tertiary/aromatic N) is 3. The Bertz CT molecular complexity index is 1420. The fraction of sp³-hybridized carbons (Fsp3) is 0.321. The standard InChI is InChI=1S/C28H32FN3O5S/c1-20-8-7-11-24(21(20)2)30-14-16-31(17-15-30)28(33)19-32(25-10-6-5-9-23(25)29)38(34,35)22-12-13-26(36-3)27(18-22)37-4/h5-13,18H,14-17,19H2,1-4H3. The van der Waals surface area contributed by atoms with Crippen LogP contribution in [0.5, 0.6) is 11.5 Å². The number of halogens is 1. The number of benzene rings is 3. The highest BCUT2D eigenvalue weighted by atomic mass is 32.2.